The second-order valence-corrected chi connectivity index (χ2v) is 7.29. The van der Waals surface area contributed by atoms with E-state index < -0.39 is 0 Å². The lowest BCUT2D eigenvalue weighted by Crippen LogP contribution is -2.40. The van der Waals surface area contributed by atoms with Gasteiger partial charge in [0.1, 0.15) is 5.69 Å². The van der Waals surface area contributed by atoms with Crippen LogP contribution in [0.3, 0.4) is 0 Å². The maximum absolute atomic E-state index is 13.0. The van der Waals surface area contributed by atoms with Gasteiger partial charge in [0, 0.05) is 31.5 Å². The number of fused-ring (bicyclic) bond motifs is 1. The van der Waals surface area contributed by atoms with Gasteiger partial charge in [-0.2, -0.15) is 0 Å². The molecule has 3 aromatic rings. The first kappa shape index (κ1) is 16.5. The van der Waals surface area contributed by atoms with Crippen molar-refractivity contribution >= 4 is 11.4 Å². The van der Waals surface area contributed by atoms with Crippen LogP contribution in [0.1, 0.15) is 42.2 Å². The molecule has 140 valence electrons. The number of hydrogen-bond acceptors (Lipinski definition) is 4. The molecule has 7 nitrogen and oxygen atoms in total. The molecule has 4 heterocycles. The van der Waals surface area contributed by atoms with E-state index in [1.165, 1.54) is 25.7 Å². The lowest BCUT2D eigenvalue weighted by Gasteiger charge is -2.26. The van der Waals surface area contributed by atoms with Crippen molar-refractivity contribution in [2.75, 3.05) is 26.3 Å². The number of aromatic nitrogens is 4. The quantitative estimate of drug-likeness (QED) is 0.716. The second kappa shape index (κ2) is 6.81. The molecule has 0 radical (unpaired) electrons. The lowest BCUT2D eigenvalue weighted by molar-refractivity contribution is 0.0301. The summed E-state index contributed by atoms with van der Waals surface area (Å²) in [6, 6.07) is 6.37. The molecule has 0 unspecified atom stereocenters. The molecule has 0 bridgehead atoms. The lowest BCUT2D eigenvalue weighted by atomic mass is 10.2. The third-order valence-electron chi connectivity index (χ3n) is 5.63. The Balaban J connectivity index is 1.54. The molecule has 1 saturated carbocycles. The maximum atomic E-state index is 13.0. The summed E-state index contributed by atoms with van der Waals surface area (Å²) in [5.74, 6) is 0.683. The average molecular weight is 365 g/mol. The van der Waals surface area contributed by atoms with Gasteiger partial charge in [-0.3, -0.25) is 9.20 Å². The third kappa shape index (κ3) is 2.92. The summed E-state index contributed by atoms with van der Waals surface area (Å²) in [6.45, 7) is 2.37. The summed E-state index contributed by atoms with van der Waals surface area (Å²) in [4.78, 5) is 24.2. The summed E-state index contributed by atoms with van der Waals surface area (Å²) in [5.41, 5.74) is 2.12. The van der Waals surface area contributed by atoms with Gasteiger partial charge in [-0.15, -0.1) is 0 Å². The number of carbonyl (C=O) groups is 1. The van der Waals surface area contributed by atoms with E-state index in [-0.39, 0.29) is 5.91 Å². The molecule has 1 aliphatic carbocycles. The van der Waals surface area contributed by atoms with Crippen molar-refractivity contribution in [3.8, 4) is 11.5 Å². The molecule has 7 heteroatoms. The minimum absolute atomic E-state index is 0.0384. The largest absolute Gasteiger partial charge is 0.378 e. The molecule has 3 aromatic heterocycles. The van der Waals surface area contributed by atoms with E-state index in [1.54, 1.807) is 0 Å². The van der Waals surface area contributed by atoms with Crippen molar-refractivity contribution in [3.05, 3.63) is 42.6 Å². The number of amides is 1. The first-order chi connectivity index (χ1) is 13.3. The fourth-order valence-corrected chi connectivity index (χ4v) is 4.15. The van der Waals surface area contributed by atoms with Gasteiger partial charge in [-0.25, -0.2) is 9.97 Å². The highest BCUT2D eigenvalue weighted by Gasteiger charge is 2.25. The number of carbonyl (C=O) groups excluding carboxylic acids is 1. The van der Waals surface area contributed by atoms with E-state index in [0.29, 0.717) is 38.0 Å². The summed E-state index contributed by atoms with van der Waals surface area (Å²) in [7, 11) is 0. The van der Waals surface area contributed by atoms with Crippen molar-refractivity contribution in [2.24, 2.45) is 0 Å². The van der Waals surface area contributed by atoms with Crippen LogP contribution in [0.25, 0.3) is 17.0 Å². The number of hydrogen-bond donors (Lipinski definition) is 0. The van der Waals surface area contributed by atoms with Crippen molar-refractivity contribution in [2.45, 2.75) is 31.7 Å². The molecular weight excluding hydrogens is 342 g/mol. The number of rotatable bonds is 3. The third-order valence-corrected chi connectivity index (χ3v) is 5.63. The van der Waals surface area contributed by atoms with Crippen LogP contribution in [0.4, 0.5) is 0 Å². The van der Waals surface area contributed by atoms with Crippen LogP contribution < -0.4 is 0 Å². The normalized spacial score (nSPS) is 18.4. The van der Waals surface area contributed by atoms with Crippen LogP contribution in [0.5, 0.6) is 0 Å². The number of morpholine rings is 1. The molecule has 1 amide bonds. The van der Waals surface area contributed by atoms with E-state index in [0.717, 1.165) is 17.0 Å². The van der Waals surface area contributed by atoms with Crippen LogP contribution in [0, 0.1) is 0 Å². The predicted octanol–water partition coefficient (Wildman–Crippen LogP) is 2.79. The Morgan fingerprint density at radius 3 is 2.78 bits per heavy atom. The van der Waals surface area contributed by atoms with Gasteiger partial charge >= 0.3 is 0 Å². The van der Waals surface area contributed by atoms with Gasteiger partial charge in [0.2, 0.25) is 0 Å². The Bertz CT molecular complexity index is 964. The number of nitrogens with zero attached hydrogens (tertiary/aromatic N) is 5. The van der Waals surface area contributed by atoms with Gasteiger partial charge < -0.3 is 14.2 Å². The molecule has 0 aromatic carbocycles. The van der Waals surface area contributed by atoms with Gasteiger partial charge in [0.25, 0.3) is 5.91 Å². The topological polar surface area (TPSA) is 64.7 Å². The molecule has 0 spiro atoms. The zero-order valence-corrected chi connectivity index (χ0v) is 15.3. The monoisotopic (exact) mass is 365 g/mol. The van der Waals surface area contributed by atoms with Gasteiger partial charge in [-0.05, 0) is 25.0 Å². The highest BCUT2D eigenvalue weighted by atomic mass is 16.5. The first-order valence-electron chi connectivity index (χ1n) is 9.69. The molecule has 5 rings (SSSR count). The fraction of sp³-hybridized carbons (Fsp3) is 0.450. The number of ether oxygens (including phenoxy) is 1. The Hall–Kier alpha value is -2.67. The fourth-order valence-electron chi connectivity index (χ4n) is 4.15. The summed E-state index contributed by atoms with van der Waals surface area (Å²) in [6.07, 6.45) is 10.9. The summed E-state index contributed by atoms with van der Waals surface area (Å²) >= 11 is 0. The SMILES string of the molecule is O=C(c1nc(-c2cn(C3CCCC3)cn2)n2ccccc12)N1CCOCC1. The Morgan fingerprint density at radius 1 is 1.15 bits per heavy atom. The minimum Gasteiger partial charge on any atom is -0.378 e. The Labute approximate surface area is 157 Å². The highest BCUT2D eigenvalue weighted by molar-refractivity contribution is 6.00. The molecule has 0 N–H and O–H groups in total. The average Bonchev–Trinajstić information content (AvgIpc) is 3.46. The van der Waals surface area contributed by atoms with Gasteiger partial charge in [-0.1, -0.05) is 18.9 Å². The van der Waals surface area contributed by atoms with Crippen molar-refractivity contribution in [1.82, 2.24) is 23.8 Å². The van der Waals surface area contributed by atoms with E-state index in [1.807, 2.05) is 40.0 Å². The summed E-state index contributed by atoms with van der Waals surface area (Å²) < 4.78 is 9.54. The Morgan fingerprint density at radius 2 is 1.96 bits per heavy atom. The van der Waals surface area contributed by atoms with Crippen molar-refractivity contribution < 1.29 is 9.53 Å². The van der Waals surface area contributed by atoms with Gasteiger partial charge in [0.05, 0.1) is 25.1 Å². The van der Waals surface area contributed by atoms with Crippen LogP contribution in [-0.4, -0.2) is 56.0 Å². The molecular formula is C20H23N5O2. The highest BCUT2D eigenvalue weighted by Crippen LogP contribution is 2.31. The standard InChI is InChI=1S/C20H23N5O2/c26-20(23-9-11-27-12-10-23)18-17-7-3-4-8-25(17)19(22-18)16-13-24(14-21-16)15-5-1-2-6-15/h3-4,7-8,13-15H,1-2,5-6,9-12H2. The molecule has 2 fully saturated rings. The smallest absolute Gasteiger partial charge is 0.274 e. The van der Waals surface area contributed by atoms with Crippen molar-refractivity contribution in [1.29, 1.82) is 0 Å². The predicted molar refractivity (Wildman–Crippen MR) is 101 cm³/mol. The minimum atomic E-state index is -0.0384. The van der Waals surface area contributed by atoms with E-state index in [4.69, 9.17) is 9.72 Å². The van der Waals surface area contributed by atoms with E-state index in [9.17, 15) is 4.79 Å². The number of imidazole rings is 2. The Kier molecular flexibility index (Phi) is 4.16. The van der Waals surface area contributed by atoms with Crippen LogP contribution >= 0.6 is 0 Å². The maximum Gasteiger partial charge on any atom is 0.274 e. The summed E-state index contributed by atoms with van der Waals surface area (Å²) in [5, 5.41) is 0. The molecule has 1 aliphatic heterocycles. The molecule has 1 saturated heterocycles. The van der Waals surface area contributed by atoms with Crippen LogP contribution in [0.15, 0.2) is 36.9 Å². The molecule has 0 atom stereocenters. The van der Waals surface area contributed by atoms with E-state index >= 15 is 0 Å². The first-order valence-corrected chi connectivity index (χ1v) is 9.69. The number of pyridine rings is 1. The van der Waals surface area contributed by atoms with Crippen molar-refractivity contribution in [3.63, 3.8) is 0 Å². The van der Waals surface area contributed by atoms with Crippen LogP contribution in [-0.2, 0) is 4.74 Å². The molecule has 2 aliphatic rings. The van der Waals surface area contributed by atoms with E-state index in [2.05, 4.69) is 15.7 Å². The van der Waals surface area contributed by atoms with Crippen LogP contribution in [0.2, 0.25) is 0 Å². The second-order valence-electron chi connectivity index (χ2n) is 7.29. The zero-order valence-electron chi connectivity index (χ0n) is 15.3. The zero-order chi connectivity index (χ0) is 18.2. The van der Waals surface area contributed by atoms with Gasteiger partial charge in [0.15, 0.2) is 11.5 Å². The molecule has 27 heavy (non-hydrogen) atoms.